The van der Waals surface area contributed by atoms with Gasteiger partial charge in [-0.25, -0.2) is 4.79 Å². The van der Waals surface area contributed by atoms with E-state index in [2.05, 4.69) is 0 Å². The average molecular weight is 172 g/mol. The van der Waals surface area contributed by atoms with Gasteiger partial charge in [0, 0.05) is 7.11 Å². The minimum absolute atomic E-state index is 0.0447. The van der Waals surface area contributed by atoms with Gasteiger partial charge < -0.3 is 14.6 Å². The summed E-state index contributed by atoms with van der Waals surface area (Å²) < 4.78 is 9.99. The van der Waals surface area contributed by atoms with Crippen LogP contribution in [0, 0.1) is 0 Å². The summed E-state index contributed by atoms with van der Waals surface area (Å²) in [6.45, 7) is 0.449. The Balaban J connectivity index is 2.47. The predicted octanol–water partition coefficient (Wildman–Crippen LogP) is 0.780. The number of hydrogen-bond donors (Lipinski definition) is 1. The molecule has 0 aromatic carbocycles. The van der Waals surface area contributed by atoms with E-state index >= 15 is 0 Å². The molecule has 1 heterocycles. The Labute approximate surface area is 70.8 Å². The van der Waals surface area contributed by atoms with E-state index in [4.69, 9.17) is 14.6 Å². The van der Waals surface area contributed by atoms with Crippen molar-refractivity contribution in [3.63, 3.8) is 0 Å². The molecule has 1 atom stereocenters. The van der Waals surface area contributed by atoms with Crippen LogP contribution in [0.4, 0.5) is 0 Å². The van der Waals surface area contributed by atoms with Crippen molar-refractivity contribution in [1.29, 1.82) is 0 Å². The first kappa shape index (κ1) is 9.06. The summed E-state index contributed by atoms with van der Waals surface area (Å²) in [5.41, 5.74) is 0. The summed E-state index contributed by atoms with van der Waals surface area (Å²) in [5.74, 6) is -0.959. The lowest BCUT2D eigenvalue weighted by atomic mass is 10.1. The second-order valence-electron chi connectivity index (χ2n) is 2.65. The predicted molar refractivity (Wildman–Crippen MR) is 41.7 cm³/mol. The van der Waals surface area contributed by atoms with Crippen molar-refractivity contribution in [3.05, 3.63) is 11.8 Å². The molecule has 0 aliphatic carbocycles. The maximum Gasteiger partial charge on any atom is 0.370 e. The van der Waals surface area contributed by atoms with Gasteiger partial charge in [0.25, 0.3) is 0 Å². The highest BCUT2D eigenvalue weighted by Crippen LogP contribution is 2.16. The molecule has 1 rings (SSSR count). The second-order valence-corrected chi connectivity index (χ2v) is 2.65. The Morgan fingerprint density at radius 2 is 2.67 bits per heavy atom. The van der Waals surface area contributed by atoms with E-state index in [-0.39, 0.29) is 11.9 Å². The standard InChI is InChI=1S/C8H12O4/c1-11-5-6-3-2-4-7(12-6)8(9)10/h4,6H,2-3,5H2,1H3,(H,9,10). The lowest BCUT2D eigenvalue weighted by Crippen LogP contribution is -2.24. The fourth-order valence-electron chi connectivity index (χ4n) is 1.13. The number of methoxy groups -OCH3 is 1. The van der Waals surface area contributed by atoms with Gasteiger partial charge in [0.05, 0.1) is 6.61 Å². The van der Waals surface area contributed by atoms with Gasteiger partial charge in [-0.15, -0.1) is 0 Å². The zero-order valence-corrected chi connectivity index (χ0v) is 6.95. The Bertz CT molecular complexity index is 197. The van der Waals surface area contributed by atoms with E-state index in [1.807, 2.05) is 0 Å². The van der Waals surface area contributed by atoms with Crippen molar-refractivity contribution in [2.24, 2.45) is 0 Å². The van der Waals surface area contributed by atoms with Crippen molar-refractivity contribution in [3.8, 4) is 0 Å². The fourth-order valence-corrected chi connectivity index (χ4v) is 1.13. The molecule has 68 valence electrons. The summed E-state index contributed by atoms with van der Waals surface area (Å²) >= 11 is 0. The van der Waals surface area contributed by atoms with E-state index in [0.29, 0.717) is 6.61 Å². The first-order chi connectivity index (χ1) is 5.74. The number of carboxylic acid groups (broad SMARTS) is 1. The van der Waals surface area contributed by atoms with Crippen LogP contribution in [-0.2, 0) is 14.3 Å². The van der Waals surface area contributed by atoms with Crippen LogP contribution in [0.25, 0.3) is 0 Å². The average Bonchev–Trinajstić information content (AvgIpc) is 2.05. The summed E-state index contributed by atoms with van der Waals surface area (Å²) in [5, 5.41) is 8.59. The topological polar surface area (TPSA) is 55.8 Å². The molecule has 0 saturated heterocycles. The van der Waals surface area contributed by atoms with Crippen LogP contribution in [0.15, 0.2) is 11.8 Å². The Morgan fingerprint density at radius 3 is 3.25 bits per heavy atom. The van der Waals surface area contributed by atoms with Crippen LogP contribution in [-0.4, -0.2) is 30.9 Å². The number of aliphatic carboxylic acids is 1. The molecule has 4 heteroatoms. The molecule has 1 unspecified atom stereocenters. The monoisotopic (exact) mass is 172 g/mol. The van der Waals surface area contributed by atoms with Crippen LogP contribution < -0.4 is 0 Å². The third-order valence-corrected chi connectivity index (χ3v) is 1.68. The van der Waals surface area contributed by atoms with Gasteiger partial charge in [0.15, 0.2) is 0 Å². The van der Waals surface area contributed by atoms with Gasteiger partial charge in [-0.05, 0) is 18.9 Å². The third kappa shape index (κ3) is 2.23. The van der Waals surface area contributed by atoms with Gasteiger partial charge in [0.2, 0.25) is 5.76 Å². The molecule has 0 fully saturated rings. The Hall–Kier alpha value is -1.03. The van der Waals surface area contributed by atoms with Crippen molar-refractivity contribution < 1.29 is 19.4 Å². The first-order valence-corrected chi connectivity index (χ1v) is 3.83. The number of hydrogen-bond acceptors (Lipinski definition) is 3. The SMILES string of the molecule is COCC1CCC=C(C(=O)O)O1. The van der Waals surface area contributed by atoms with E-state index in [1.54, 1.807) is 13.2 Å². The minimum Gasteiger partial charge on any atom is -0.481 e. The van der Waals surface area contributed by atoms with E-state index in [9.17, 15) is 4.79 Å². The third-order valence-electron chi connectivity index (χ3n) is 1.68. The number of carbonyl (C=O) groups is 1. The van der Waals surface area contributed by atoms with Crippen LogP contribution in [0.5, 0.6) is 0 Å². The van der Waals surface area contributed by atoms with Gasteiger partial charge >= 0.3 is 5.97 Å². The molecular formula is C8H12O4. The van der Waals surface area contributed by atoms with Crippen molar-refractivity contribution in [2.75, 3.05) is 13.7 Å². The highest BCUT2D eigenvalue weighted by atomic mass is 16.5. The molecule has 0 bridgehead atoms. The van der Waals surface area contributed by atoms with Gasteiger partial charge in [-0.2, -0.15) is 0 Å². The van der Waals surface area contributed by atoms with E-state index in [0.717, 1.165) is 12.8 Å². The normalized spacial score (nSPS) is 22.8. The summed E-state index contributed by atoms with van der Waals surface area (Å²) in [7, 11) is 1.57. The zero-order valence-electron chi connectivity index (χ0n) is 6.95. The molecular weight excluding hydrogens is 160 g/mol. The number of ether oxygens (including phenoxy) is 2. The number of rotatable bonds is 3. The molecule has 0 aromatic rings. The summed E-state index contributed by atoms with van der Waals surface area (Å²) in [6, 6.07) is 0. The molecule has 0 spiro atoms. The van der Waals surface area contributed by atoms with Crippen LogP contribution in [0.3, 0.4) is 0 Å². The lowest BCUT2D eigenvalue weighted by Gasteiger charge is -2.21. The van der Waals surface area contributed by atoms with Crippen molar-refractivity contribution in [1.82, 2.24) is 0 Å². The summed E-state index contributed by atoms with van der Waals surface area (Å²) in [4.78, 5) is 10.5. The Morgan fingerprint density at radius 1 is 1.92 bits per heavy atom. The van der Waals surface area contributed by atoms with Crippen molar-refractivity contribution >= 4 is 5.97 Å². The molecule has 4 nitrogen and oxygen atoms in total. The van der Waals surface area contributed by atoms with Crippen LogP contribution >= 0.6 is 0 Å². The quantitative estimate of drug-likeness (QED) is 0.683. The smallest absolute Gasteiger partial charge is 0.370 e. The highest BCUT2D eigenvalue weighted by molar-refractivity contribution is 5.84. The highest BCUT2D eigenvalue weighted by Gasteiger charge is 2.20. The molecule has 1 aliphatic heterocycles. The number of carboxylic acids is 1. The lowest BCUT2D eigenvalue weighted by molar-refractivity contribution is -0.138. The zero-order chi connectivity index (χ0) is 8.97. The van der Waals surface area contributed by atoms with E-state index in [1.165, 1.54) is 0 Å². The number of allylic oxidation sites excluding steroid dienone is 1. The summed E-state index contributed by atoms with van der Waals surface area (Å²) in [6.07, 6.45) is 3.06. The fraction of sp³-hybridized carbons (Fsp3) is 0.625. The van der Waals surface area contributed by atoms with Gasteiger partial charge in [-0.3, -0.25) is 0 Å². The van der Waals surface area contributed by atoms with Gasteiger partial charge in [0.1, 0.15) is 6.10 Å². The molecule has 12 heavy (non-hydrogen) atoms. The molecule has 0 aromatic heterocycles. The molecule has 0 amide bonds. The van der Waals surface area contributed by atoms with E-state index < -0.39 is 5.97 Å². The second kappa shape index (κ2) is 4.11. The molecule has 0 saturated carbocycles. The van der Waals surface area contributed by atoms with Crippen LogP contribution in [0.2, 0.25) is 0 Å². The van der Waals surface area contributed by atoms with Crippen molar-refractivity contribution in [2.45, 2.75) is 18.9 Å². The molecule has 1 aliphatic rings. The van der Waals surface area contributed by atoms with Crippen LogP contribution in [0.1, 0.15) is 12.8 Å². The maximum absolute atomic E-state index is 10.5. The molecule has 1 N–H and O–H groups in total. The largest absolute Gasteiger partial charge is 0.481 e. The van der Waals surface area contributed by atoms with Gasteiger partial charge in [-0.1, -0.05) is 0 Å². The maximum atomic E-state index is 10.5. The minimum atomic E-state index is -1.00. The Kier molecular flexibility index (Phi) is 3.10. The molecule has 0 radical (unpaired) electrons. The first-order valence-electron chi connectivity index (χ1n) is 3.83.